The largest absolute Gasteiger partial charge is 0.443 e. The molecule has 1 unspecified atom stereocenters. The van der Waals surface area contributed by atoms with Crippen LogP contribution in [0.15, 0.2) is 45.9 Å². The number of guanidine groups is 1. The molecule has 2 heterocycles. The normalized spacial score (nSPS) is 13.2. The van der Waals surface area contributed by atoms with Gasteiger partial charge in [-0.1, -0.05) is 39.0 Å². The standard InChI is InChI=1S/C21H28N4O2S.HI/c1-5-22-20(25-13-19-23-12-18(27-19)21(2,3)4)24-11-15(26)17-10-14-8-6-7-9-16(14)28-17;/h6-10,12,15,26H,5,11,13H2,1-4H3,(H2,22,24,25);1H. The fourth-order valence-electron chi connectivity index (χ4n) is 2.68. The average Bonchev–Trinajstić information content (AvgIpc) is 3.30. The first-order chi connectivity index (χ1) is 13.4. The summed E-state index contributed by atoms with van der Waals surface area (Å²) in [5.74, 6) is 2.04. The Morgan fingerprint density at radius 3 is 2.69 bits per heavy atom. The maximum atomic E-state index is 10.6. The highest BCUT2D eigenvalue weighted by Crippen LogP contribution is 2.29. The number of nitrogens with zero attached hydrogens (tertiary/aromatic N) is 2. The van der Waals surface area contributed by atoms with E-state index < -0.39 is 6.10 Å². The number of aliphatic hydroxyl groups excluding tert-OH is 1. The van der Waals surface area contributed by atoms with E-state index in [-0.39, 0.29) is 29.4 Å². The van der Waals surface area contributed by atoms with E-state index in [1.807, 2.05) is 25.1 Å². The number of oxazole rings is 1. The zero-order valence-electron chi connectivity index (χ0n) is 17.2. The predicted octanol–water partition coefficient (Wildman–Crippen LogP) is 4.59. The van der Waals surface area contributed by atoms with Gasteiger partial charge in [0.2, 0.25) is 5.89 Å². The Labute approximate surface area is 192 Å². The topological polar surface area (TPSA) is 82.7 Å². The van der Waals surface area contributed by atoms with Crippen molar-refractivity contribution < 1.29 is 9.52 Å². The molecule has 0 amide bonds. The molecule has 0 radical (unpaired) electrons. The molecule has 0 aliphatic heterocycles. The monoisotopic (exact) mass is 528 g/mol. The van der Waals surface area contributed by atoms with Gasteiger partial charge in [-0.25, -0.2) is 9.98 Å². The number of hydrogen-bond acceptors (Lipinski definition) is 5. The Bertz CT molecular complexity index is 912. The van der Waals surface area contributed by atoms with Gasteiger partial charge in [-0.2, -0.15) is 0 Å². The first-order valence-corrected chi connectivity index (χ1v) is 10.3. The summed E-state index contributed by atoms with van der Waals surface area (Å²) in [4.78, 5) is 9.76. The summed E-state index contributed by atoms with van der Waals surface area (Å²) in [6.07, 6.45) is 1.16. The van der Waals surface area contributed by atoms with Crippen LogP contribution in [0.3, 0.4) is 0 Å². The van der Waals surface area contributed by atoms with Crippen molar-refractivity contribution >= 4 is 51.4 Å². The third kappa shape index (κ3) is 6.42. The molecule has 1 aromatic carbocycles. The lowest BCUT2D eigenvalue weighted by Gasteiger charge is -2.14. The van der Waals surface area contributed by atoms with Gasteiger partial charge in [0.25, 0.3) is 0 Å². The summed E-state index contributed by atoms with van der Waals surface area (Å²) in [5.41, 5.74) is -0.0773. The summed E-state index contributed by atoms with van der Waals surface area (Å²) in [6, 6.07) is 10.2. The van der Waals surface area contributed by atoms with Crippen LogP contribution in [0.25, 0.3) is 10.1 Å². The smallest absolute Gasteiger partial charge is 0.216 e. The number of aliphatic imine (C=N–C) groups is 1. The molecule has 1 atom stereocenters. The molecule has 0 aliphatic carbocycles. The van der Waals surface area contributed by atoms with E-state index in [0.29, 0.717) is 24.9 Å². The highest BCUT2D eigenvalue weighted by molar-refractivity contribution is 14.0. The van der Waals surface area contributed by atoms with Crippen molar-refractivity contribution in [1.82, 2.24) is 15.6 Å². The average molecular weight is 528 g/mol. The van der Waals surface area contributed by atoms with E-state index in [9.17, 15) is 5.11 Å². The minimum atomic E-state index is -0.601. The maximum Gasteiger partial charge on any atom is 0.216 e. The first kappa shape index (κ1) is 23.6. The highest BCUT2D eigenvalue weighted by Gasteiger charge is 2.19. The molecule has 8 heteroatoms. The van der Waals surface area contributed by atoms with Crippen molar-refractivity contribution in [2.75, 3.05) is 13.1 Å². The van der Waals surface area contributed by atoms with Gasteiger partial charge in [-0.3, -0.25) is 0 Å². The first-order valence-electron chi connectivity index (χ1n) is 9.50. The minimum absolute atomic E-state index is 0. The van der Waals surface area contributed by atoms with Crippen LogP contribution in [0.1, 0.15) is 50.3 Å². The zero-order valence-corrected chi connectivity index (χ0v) is 20.4. The van der Waals surface area contributed by atoms with Gasteiger partial charge in [-0.15, -0.1) is 35.3 Å². The van der Waals surface area contributed by atoms with E-state index in [2.05, 4.69) is 53.5 Å². The molecule has 3 aromatic rings. The van der Waals surface area contributed by atoms with Crippen LogP contribution < -0.4 is 10.6 Å². The second kappa shape index (κ2) is 10.4. The number of halogens is 1. The van der Waals surface area contributed by atoms with Crippen molar-refractivity contribution in [3.05, 3.63) is 53.1 Å². The lowest BCUT2D eigenvalue weighted by atomic mass is 9.94. The Morgan fingerprint density at radius 2 is 2.03 bits per heavy atom. The SMILES string of the molecule is CCNC(=NCc1ncc(C(C)(C)C)o1)NCC(O)c1cc2ccccc2s1.I. The fourth-order valence-corrected chi connectivity index (χ4v) is 3.73. The molecule has 3 rings (SSSR count). The molecule has 29 heavy (non-hydrogen) atoms. The van der Waals surface area contributed by atoms with Gasteiger partial charge >= 0.3 is 0 Å². The third-order valence-corrected chi connectivity index (χ3v) is 5.46. The summed E-state index contributed by atoms with van der Waals surface area (Å²) in [6.45, 7) is 9.69. The van der Waals surface area contributed by atoms with Crippen LogP contribution >= 0.6 is 35.3 Å². The molecule has 0 saturated heterocycles. The third-order valence-electron chi connectivity index (χ3n) is 4.25. The van der Waals surface area contributed by atoms with E-state index >= 15 is 0 Å². The number of thiophene rings is 1. The van der Waals surface area contributed by atoms with Crippen LogP contribution in [0.2, 0.25) is 0 Å². The second-order valence-corrected chi connectivity index (χ2v) is 8.76. The van der Waals surface area contributed by atoms with Crippen molar-refractivity contribution in [3.63, 3.8) is 0 Å². The second-order valence-electron chi connectivity index (χ2n) is 7.65. The summed E-state index contributed by atoms with van der Waals surface area (Å²) >= 11 is 1.61. The molecule has 6 nitrogen and oxygen atoms in total. The van der Waals surface area contributed by atoms with Gasteiger partial charge in [0.15, 0.2) is 5.96 Å². The number of aliphatic hydroxyl groups is 1. The molecule has 0 aliphatic rings. The van der Waals surface area contributed by atoms with E-state index in [1.54, 1.807) is 17.5 Å². The Hall–Kier alpha value is -1.65. The molecular formula is C21H29IN4O2S. The molecule has 0 saturated carbocycles. The highest BCUT2D eigenvalue weighted by atomic mass is 127. The van der Waals surface area contributed by atoms with Crippen LogP contribution in [0, 0.1) is 0 Å². The van der Waals surface area contributed by atoms with Gasteiger partial charge in [0.1, 0.15) is 18.4 Å². The van der Waals surface area contributed by atoms with Crippen molar-refractivity contribution in [2.45, 2.75) is 45.8 Å². The van der Waals surface area contributed by atoms with Crippen LogP contribution in [0.4, 0.5) is 0 Å². The van der Waals surface area contributed by atoms with Crippen LogP contribution in [-0.2, 0) is 12.0 Å². The molecular weight excluding hydrogens is 499 g/mol. The zero-order chi connectivity index (χ0) is 20.1. The molecule has 158 valence electrons. The number of nitrogens with one attached hydrogen (secondary N) is 2. The quantitative estimate of drug-likeness (QED) is 0.248. The number of rotatable bonds is 6. The Kier molecular flexibility index (Phi) is 8.47. The maximum absolute atomic E-state index is 10.6. The van der Waals surface area contributed by atoms with Crippen molar-refractivity contribution in [2.24, 2.45) is 4.99 Å². The number of fused-ring (bicyclic) bond motifs is 1. The van der Waals surface area contributed by atoms with Crippen LogP contribution in [-0.4, -0.2) is 29.1 Å². The number of hydrogen-bond donors (Lipinski definition) is 3. The summed E-state index contributed by atoms with van der Waals surface area (Å²) in [5, 5.41) is 18.1. The van der Waals surface area contributed by atoms with Gasteiger partial charge < -0.3 is 20.2 Å². The van der Waals surface area contributed by atoms with E-state index in [0.717, 1.165) is 22.6 Å². The molecule has 0 fully saturated rings. The molecule has 2 aromatic heterocycles. The van der Waals surface area contributed by atoms with Gasteiger partial charge in [0, 0.05) is 28.1 Å². The number of aromatic nitrogens is 1. The van der Waals surface area contributed by atoms with E-state index in [4.69, 9.17) is 4.42 Å². The fraction of sp³-hybridized carbons (Fsp3) is 0.429. The van der Waals surface area contributed by atoms with Crippen molar-refractivity contribution in [1.29, 1.82) is 0 Å². The Morgan fingerprint density at radius 1 is 1.28 bits per heavy atom. The summed E-state index contributed by atoms with van der Waals surface area (Å²) in [7, 11) is 0. The van der Waals surface area contributed by atoms with Gasteiger partial charge in [0.05, 0.1) is 6.20 Å². The Balaban J connectivity index is 0.00000300. The van der Waals surface area contributed by atoms with Crippen molar-refractivity contribution in [3.8, 4) is 0 Å². The minimum Gasteiger partial charge on any atom is -0.443 e. The molecule has 3 N–H and O–H groups in total. The molecule has 0 bridgehead atoms. The van der Waals surface area contributed by atoms with Crippen LogP contribution in [0.5, 0.6) is 0 Å². The van der Waals surface area contributed by atoms with E-state index in [1.165, 1.54) is 4.70 Å². The summed E-state index contributed by atoms with van der Waals surface area (Å²) < 4.78 is 6.96. The predicted molar refractivity (Wildman–Crippen MR) is 130 cm³/mol. The molecule has 0 spiro atoms. The van der Waals surface area contributed by atoms with Gasteiger partial charge in [-0.05, 0) is 24.4 Å². The number of benzene rings is 1. The lowest BCUT2D eigenvalue weighted by molar-refractivity contribution is 0.184. The lowest BCUT2D eigenvalue weighted by Crippen LogP contribution is -2.39.